The Hall–Kier alpha value is -4.43. The molecule has 0 aliphatic carbocycles. The zero-order valence-electron chi connectivity index (χ0n) is 22.3. The van der Waals surface area contributed by atoms with Crippen LogP contribution in [0.15, 0.2) is 61.1 Å². The average molecular weight is 605 g/mol. The van der Waals surface area contributed by atoms with E-state index in [9.17, 15) is 22.5 Å². The van der Waals surface area contributed by atoms with Crippen molar-refractivity contribution in [1.82, 2.24) is 25.1 Å². The molecular weight excluding hydrogens is 578 g/mol. The number of amides is 1. The molecule has 4 aromatic rings. The number of carbonyl (C=O) groups is 1. The van der Waals surface area contributed by atoms with Crippen molar-refractivity contribution in [2.45, 2.75) is 19.3 Å². The molecule has 0 saturated heterocycles. The normalized spacial score (nSPS) is 11.7. The molecule has 0 radical (unpaired) electrons. The van der Waals surface area contributed by atoms with Crippen LogP contribution in [0.3, 0.4) is 0 Å². The molecule has 0 aliphatic heterocycles. The molecule has 0 aliphatic rings. The van der Waals surface area contributed by atoms with Gasteiger partial charge >= 0.3 is 14.4 Å². The molecule has 220 valence electrons. The van der Waals surface area contributed by atoms with Crippen LogP contribution in [-0.2, 0) is 33.2 Å². The molecule has 1 amide bonds. The molecular formula is C26H26F3N7O5P+. The van der Waals surface area contributed by atoms with Gasteiger partial charge in [-0.1, -0.05) is 18.2 Å². The van der Waals surface area contributed by atoms with Gasteiger partial charge in [0.25, 0.3) is 5.91 Å². The second-order valence-corrected chi connectivity index (χ2v) is 9.47. The standard InChI is InChI=1S/C26H25F3N7O5P/c1-30-24(37)20-11-17(18-12-32-36(14-18)9-10-40-2)5-8-22(20)34-23-21(26(27,28)29)13-31-25(35-23)33-19-6-3-16(4-7-19)15-41-42(38)39/h3-8,11-14H,9-10,15H2,1-2H3,(H3-,30,31,33,34,35,37,38,39)/p+1. The van der Waals surface area contributed by atoms with Gasteiger partial charge in [-0.15, -0.1) is 9.42 Å². The van der Waals surface area contributed by atoms with E-state index in [0.29, 0.717) is 41.7 Å². The molecule has 1 unspecified atom stereocenters. The first-order valence-electron chi connectivity index (χ1n) is 12.3. The highest BCUT2D eigenvalue weighted by Gasteiger charge is 2.35. The number of hydrogen-bond donors (Lipinski definition) is 4. The number of halogens is 3. The Morgan fingerprint density at radius 3 is 2.52 bits per heavy atom. The molecule has 0 spiro atoms. The third kappa shape index (κ3) is 7.85. The van der Waals surface area contributed by atoms with Crippen molar-refractivity contribution >= 4 is 37.3 Å². The second-order valence-electron chi connectivity index (χ2n) is 8.74. The number of carbonyl (C=O) groups excluding carboxylic acids is 1. The number of rotatable bonds is 12. The van der Waals surface area contributed by atoms with Crippen molar-refractivity contribution < 1.29 is 36.7 Å². The largest absolute Gasteiger partial charge is 0.695 e. The van der Waals surface area contributed by atoms with Crippen LogP contribution in [0.2, 0.25) is 0 Å². The number of methoxy groups -OCH3 is 1. The van der Waals surface area contributed by atoms with Gasteiger partial charge in [0, 0.05) is 42.4 Å². The fourth-order valence-electron chi connectivity index (χ4n) is 3.79. The van der Waals surface area contributed by atoms with E-state index in [4.69, 9.17) is 9.63 Å². The summed E-state index contributed by atoms with van der Waals surface area (Å²) in [6.07, 6.45) is -0.768. The summed E-state index contributed by atoms with van der Waals surface area (Å²) in [4.78, 5) is 29.4. The molecule has 2 aromatic carbocycles. The fourth-order valence-corrected chi connectivity index (χ4v) is 4.05. The van der Waals surface area contributed by atoms with Crippen molar-refractivity contribution in [3.8, 4) is 11.1 Å². The van der Waals surface area contributed by atoms with Crippen molar-refractivity contribution in [3.63, 3.8) is 0 Å². The maximum Gasteiger partial charge on any atom is 0.695 e. The molecule has 42 heavy (non-hydrogen) atoms. The summed E-state index contributed by atoms with van der Waals surface area (Å²) in [7, 11) is 0.240. The summed E-state index contributed by atoms with van der Waals surface area (Å²) in [5.74, 6) is -1.24. The minimum absolute atomic E-state index is 0.0864. The van der Waals surface area contributed by atoms with E-state index < -0.39 is 31.7 Å². The Balaban J connectivity index is 1.63. The Morgan fingerprint density at radius 1 is 1.10 bits per heavy atom. The number of aromatic nitrogens is 4. The molecule has 2 heterocycles. The van der Waals surface area contributed by atoms with E-state index >= 15 is 0 Å². The van der Waals surface area contributed by atoms with E-state index in [0.717, 1.165) is 0 Å². The predicted molar refractivity (Wildman–Crippen MR) is 148 cm³/mol. The summed E-state index contributed by atoms with van der Waals surface area (Å²) in [6, 6.07) is 11.0. The number of nitrogens with zero attached hydrogens (tertiary/aromatic N) is 4. The van der Waals surface area contributed by atoms with Crippen molar-refractivity contribution in [2.24, 2.45) is 0 Å². The minimum atomic E-state index is -4.79. The SMILES string of the molecule is CNC(=O)c1cc(-c2cnn(CCOC)c2)ccc1Nc1nc(Nc2ccc(CO[P+](=O)O)cc2)ncc1C(F)(F)F. The van der Waals surface area contributed by atoms with Crippen LogP contribution >= 0.6 is 8.25 Å². The van der Waals surface area contributed by atoms with Gasteiger partial charge in [-0.05, 0) is 35.4 Å². The number of ether oxygens (including phenoxy) is 1. The van der Waals surface area contributed by atoms with Gasteiger partial charge in [0.05, 0.1) is 30.6 Å². The molecule has 0 saturated carbocycles. The van der Waals surface area contributed by atoms with Crippen LogP contribution in [0.25, 0.3) is 11.1 Å². The fraction of sp³-hybridized carbons (Fsp3) is 0.231. The number of anilines is 4. The van der Waals surface area contributed by atoms with E-state index in [1.165, 1.54) is 13.1 Å². The molecule has 0 bridgehead atoms. The highest BCUT2D eigenvalue weighted by molar-refractivity contribution is 7.32. The molecule has 2 aromatic heterocycles. The first-order valence-corrected chi connectivity index (χ1v) is 13.4. The van der Waals surface area contributed by atoms with Gasteiger partial charge in [-0.25, -0.2) is 4.98 Å². The highest BCUT2D eigenvalue weighted by Crippen LogP contribution is 2.36. The summed E-state index contributed by atoms with van der Waals surface area (Å²) in [6.45, 7) is 0.881. The Labute approximate surface area is 238 Å². The van der Waals surface area contributed by atoms with Gasteiger partial charge in [0.1, 0.15) is 18.0 Å². The van der Waals surface area contributed by atoms with Crippen molar-refractivity contribution in [2.75, 3.05) is 31.4 Å². The Morgan fingerprint density at radius 2 is 1.86 bits per heavy atom. The molecule has 4 rings (SSSR count). The van der Waals surface area contributed by atoms with Crippen LogP contribution in [-0.4, -0.2) is 51.3 Å². The topological polar surface area (TPSA) is 153 Å². The number of alkyl halides is 3. The van der Waals surface area contributed by atoms with Crippen molar-refractivity contribution in [1.29, 1.82) is 0 Å². The van der Waals surface area contributed by atoms with Crippen LogP contribution in [0.5, 0.6) is 0 Å². The minimum Gasteiger partial charge on any atom is -0.383 e. The highest BCUT2D eigenvalue weighted by atomic mass is 31.1. The van der Waals surface area contributed by atoms with Gasteiger partial charge in [0.2, 0.25) is 5.95 Å². The van der Waals surface area contributed by atoms with Gasteiger partial charge < -0.3 is 20.7 Å². The third-order valence-corrected chi connectivity index (χ3v) is 6.23. The van der Waals surface area contributed by atoms with Gasteiger partial charge in [0.15, 0.2) is 0 Å². The van der Waals surface area contributed by atoms with E-state index in [-0.39, 0.29) is 23.8 Å². The average Bonchev–Trinajstić information content (AvgIpc) is 3.44. The lowest BCUT2D eigenvalue weighted by Crippen LogP contribution is -2.20. The molecule has 12 nitrogen and oxygen atoms in total. The van der Waals surface area contributed by atoms with E-state index in [2.05, 4.69) is 35.5 Å². The Kier molecular flexibility index (Phi) is 9.80. The quantitative estimate of drug-likeness (QED) is 0.162. The summed E-state index contributed by atoms with van der Waals surface area (Å²) in [5.41, 5.74) is 1.42. The van der Waals surface area contributed by atoms with Crippen molar-refractivity contribution in [3.05, 3.63) is 77.7 Å². The lowest BCUT2D eigenvalue weighted by molar-refractivity contribution is -0.137. The van der Waals surface area contributed by atoms with Crippen LogP contribution in [0.4, 0.5) is 36.3 Å². The third-order valence-electron chi connectivity index (χ3n) is 5.88. The monoisotopic (exact) mass is 604 g/mol. The number of hydrogen-bond acceptors (Lipinski definition) is 9. The summed E-state index contributed by atoms with van der Waals surface area (Å²) >= 11 is 0. The molecule has 4 N–H and O–H groups in total. The van der Waals surface area contributed by atoms with Crippen LogP contribution in [0.1, 0.15) is 21.5 Å². The van der Waals surface area contributed by atoms with Gasteiger partial charge in [-0.3, -0.25) is 9.48 Å². The number of nitrogens with one attached hydrogen (secondary N) is 3. The first-order chi connectivity index (χ1) is 20.1. The summed E-state index contributed by atoms with van der Waals surface area (Å²) < 4.78 is 63.8. The van der Waals surface area contributed by atoms with Gasteiger partial charge in [-0.2, -0.15) is 23.3 Å². The molecule has 1 atom stereocenters. The smallest absolute Gasteiger partial charge is 0.383 e. The summed E-state index contributed by atoms with van der Waals surface area (Å²) in [5, 5.41) is 12.2. The molecule has 0 fully saturated rings. The second kappa shape index (κ2) is 13.5. The number of benzene rings is 2. The van der Waals surface area contributed by atoms with Crippen LogP contribution < -0.4 is 16.0 Å². The lowest BCUT2D eigenvalue weighted by atomic mass is 10.0. The zero-order valence-corrected chi connectivity index (χ0v) is 23.2. The van der Waals surface area contributed by atoms with E-state index in [1.807, 2.05) is 0 Å². The Bertz CT molecular complexity index is 1560. The predicted octanol–water partition coefficient (Wildman–Crippen LogP) is 5.02. The maximum atomic E-state index is 13.9. The maximum absolute atomic E-state index is 13.9. The lowest BCUT2D eigenvalue weighted by Gasteiger charge is -2.17. The molecule has 16 heteroatoms. The zero-order chi connectivity index (χ0) is 30.3. The first kappa shape index (κ1) is 30.5. The van der Waals surface area contributed by atoms with Crippen LogP contribution in [0, 0.1) is 0 Å². The van der Waals surface area contributed by atoms with E-state index in [1.54, 1.807) is 60.6 Å².